The van der Waals surface area contributed by atoms with E-state index >= 15 is 4.39 Å². The number of hydrogen-bond donors (Lipinski definition) is 3. The van der Waals surface area contributed by atoms with Crippen LogP contribution in [0.25, 0.3) is 0 Å². The highest BCUT2D eigenvalue weighted by Crippen LogP contribution is 2.30. The molecule has 0 saturated carbocycles. The van der Waals surface area contributed by atoms with Crippen LogP contribution in [0.15, 0.2) is 18.2 Å². The number of amides is 3. The van der Waals surface area contributed by atoms with E-state index in [2.05, 4.69) is 20.9 Å². The molecule has 3 fully saturated rings. The standard InChI is InChI=1S/C26H37F2N5O4/c1-26(2,3)37-25(36)30-16-8-11-32(12-9-16)22-10-13-33(15-19(22)28)21-6-4-17(14-18(21)27)29-20-5-7-23(34)31-24(20)35/h4,6,14,16,19-20,22,29H,5,7-13,15H2,1-3H3,(H,30,36)(H,31,34,35). The quantitative estimate of drug-likeness (QED) is 0.512. The Labute approximate surface area is 216 Å². The Morgan fingerprint density at radius 3 is 2.46 bits per heavy atom. The van der Waals surface area contributed by atoms with Gasteiger partial charge in [-0.3, -0.25) is 19.8 Å². The predicted molar refractivity (Wildman–Crippen MR) is 136 cm³/mol. The first-order valence-electron chi connectivity index (χ1n) is 13.0. The van der Waals surface area contributed by atoms with Crippen LogP contribution < -0.4 is 20.9 Å². The third kappa shape index (κ3) is 7.09. The van der Waals surface area contributed by atoms with Crippen LogP contribution in [0.1, 0.15) is 52.9 Å². The highest BCUT2D eigenvalue weighted by atomic mass is 19.1. The van der Waals surface area contributed by atoms with Gasteiger partial charge in [0.2, 0.25) is 11.8 Å². The van der Waals surface area contributed by atoms with E-state index in [0.29, 0.717) is 43.9 Å². The summed E-state index contributed by atoms with van der Waals surface area (Å²) in [4.78, 5) is 39.2. The van der Waals surface area contributed by atoms with Crippen molar-refractivity contribution in [3.8, 4) is 0 Å². The first kappa shape index (κ1) is 27.1. The van der Waals surface area contributed by atoms with E-state index < -0.39 is 35.6 Å². The SMILES string of the molecule is CC(C)(C)OC(=O)NC1CCN(C2CCN(c3ccc(NC4CCC(=O)NC4=O)cc3F)CC2F)CC1. The second kappa shape index (κ2) is 11.2. The lowest BCUT2D eigenvalue weighted by Crippen LogP contribution is -2.56. The molecule has 1 aromatic rings. The van der Waals surface area contributed by atoms with Crippen molar-refractivity contribution in [3.63, 3.8) is 0 Å². The van der Waals surface area contributed by atoms with Crippen LogP contribution >= 0.6 is 0 Å². The molecule has 9 nitrogen and oxygen atoms in total. The first-order valence-corrected chi connectivity index (χ1v) is 13.0. The normalized spacial score (nSPS) is 26.0. The summed E-state index contributed by atoms with van der Waals surface area (Å²) in [5.74, 6) is -1.22. The number of carbonyl (C=O) groups is 3. The Morgan fingerprint density at radius 1 is 1.11 bits per heavy atom. The molecule has 0 radical (unpaired) electrons. The average molecular weight is 522 g/mol. The number of alkyl carbamates (subject to hydrolysis) is 1. The number of anilines is 2. The zero-order chi connectivity index (χ0) is 26.7. The second-order valence-corrected chi connectivity index (χ2v) is 11.1. The molecule has 37 heavy (non-hydrogen) atoms. The summed E-state index contributed by atoms with van der Waals surface area (Å²) >= 11 is 0. The van der Waals surface area contributed by atoms with Gasteiger partial charge in [0, 0.05) is 43.8 Å². The van der Waals surface area contributed by atoms with Crippen LogP contribution in [0.4, 0.5) is 25.0 Å². The van der Waals surface area contributed by atoms with Gasteiger partial charge in [0.1, 0.15) is 23.6 Å². The van der Waals surface area contributed by atoms with Gasteiger partial charge in [0.25, 0.3) is 0 Å². The number of imide groups is 1. The summed E-state index contributed by atoms with van der Waals surface area (Å²) in [7, 11) is 0. The van der Waals surface area contributed by atoms with E-state index in [0.717, 1.165) is 12.8 Å². The van der Waals surface area contributed by atoms with Gasteiger partial charge in [-0.05, 0) is 64.7 Å². The Bertz CT molecular complexity index is 1010. The van der Waals surface area contributed by atoms with Gasteiger partial charge in [0.15, 0.2) is 0 Å². The van der Waals surface area contributed by atoms with Crippen molar-refractivity contribution in [3.05, 3.63) is 24.0 Å². The Balaban J connectivity index is 1.27. The van der Waals surface area contributed by atoms with Gasteiger partial charge in [-0.1, -0.05) is 0 Å². The molecule has 0 aromatic heterocycles. The molecule has 3 unspecified atom stereocenters. The number of hydrogen-bond acceptors (Lipinski definition) is 7. The summed E-state index contributed by atoms with van der Waals surface area (Å²) in [6.07, 6.45) is 1.04. The maximum atomic E-state index is 15.3. The summed E-state index contributed by atoms with van der Waals surface area (Å²) in [5.41, 5.74) is 0.213. The summed E-state index contributed by atoms with van der Waals surface area (Å²) in [6.45, 7) is 7.45. The lowest BCUT2D eigenvalue weighted by atomic mass is 9.96. The molecule has 204 valence electrons. The predicted octanol–water partition coefficient (Wildman–Crippen LogP) is 2.95. The largest absolute Gasteiger partial charge is 0.444 e. The van der Waals surface area contributed by atoms with Crippen molar-refractivity contribution in [2.75, 3.05) is 36.4 Å². The Morgan fingerprint density at radius 2 is 1.84 bits per heavy atom. The van der Waals surface area contributed by atoms with Crippen LogP contribution in [-0.2, 0) is 14.3 Å². The van der Waals surface area contributed by atoms with Crippen LogP contribution in [0.5, 0.6) is 0 Å². The van der Waals surface area contributed by atoms with Crippen molar-refractivity contribution < 1.29 is 27.9 Å². The zero-order valence-corrected chi connectivity index (χ0v) is 21.7. The van der Waals surface area contributed by atoms with Gasteiger partial charge in [-0.25, -0.2) is 13.6 Å². The minimum absolute atomic E-state index is 0.00523. The van der Waals surface area contributed by atoms with Crippen LogP contribution in [0, 0.1) is 5.82 Å². The fourth-order valence-electron chi connectivity index (χ4n) is 5.26. The molecule has 0 spiro atoms. The molecule has 3 amide bonds. The molecule has 11 heteroatoms. The summed E-state index contributed by atoms with van der Waals surface area (Å²) in [5, 5.41) is 8.15. The van der Waals surface area contributed by atoms with Crippen molar-refractivity contribution in [2.24, 2.45) is 0 Å². The second-order valence-electron chi connectivity index (χ2n) is 11.1. The number of nitrogens with one attached hydrogen (secondary N) is 3. The molecule has 3 heterocycles. The molecule has 3 aliphatic rings. The van der Waals surface area contributed by atoms with E-state index in [9.17, 15) is 18.8 Å². The molecule has 1 aromatic carbocycles. The highest BCUT2D eigenvalue weighted by Gasteiger charge is 2.36. The topological polar surface area (TPSA) is 103 Å². The van der Waals surface area contributed by atoms with Crippen molar-refractivity contribution in [1.29, 1.82) is 0 Å². The third-order valence-electron chi connectivity index (χ3n) is 7.09. The van der Waals surface area contributed by atoms with E-state index in [1.807, 2.05) is 20.8 Å². The van der Waals surface area contributed by atoms with Crippen LogP contribution in [0.3, 0.4) is 0 Å². The fourth-order valence-corrected chi connectivity index (χ4v) is 5.26. The number of halogens is 2. The molecule has 3 N–H and O–H groups in total. The minimum atomic E-state index is -1.13. The number of piperidine rings is 3. The maximum Gasteiger partial charge on any atom is 0.407 e. The number of benzene rings is 1. The summed E-state index contributed by atoms with van der Waals surface area (Å²) in [6, 6.07) is 3.74. The van der Waals surface area contributed by atoms with E-state index in [1.165, 1.54) is 6.07 Å². The van der Waals surface area contributed by atoms with E-state index in [1.54, 1.807) is 17.0 Å². The molecule has 0 aliphatic carbocycles. The molecular formula is C26H37F2N5O4. The average Bonchev–Trinajstić information content (AvgIpc) is 2.80. The van der Waals surface area contributed by atoms with Crippen molar-refractivity contribution >= 4 is 29.3 Å². The van der Waals surface area contributed by atoms with Gasteiger partial charge in [-0.15, -0.1) is 0 Å². The van der Waals surface area contributed by atoms with Gasteiger partial charge >= 0.3 is 6.09 Å². The number of alkyl halides is 1. The van der Waals surface area contributed by atoms with Gasteiger partial charge < -0.3 is 20.3 Å². The van der Waals surface area contributed by atoms with Crippen molar-refractivity contribution in [1.82, 2.24) is 15.5 Å². The molecule has 0 bridgehead atoms. The third-order valence-corrected chi connectivity index (χ3v) is 7.09. The van der Waals surface area contributed by atoms with E-state index in [-0.39, 0.29) is 31.0 Å². The smallest absolute Gasteiger partial charge is 0.407 e. The zero-order valence-electron chi connectivity index (χ0n) is 21.7. The number of nitrogens with zero attached hydrogens (tertiary/aromatic N) is 2. The molecule has 3 atom stereocenters. The first-order chi connectivity index (χ1) is 17.5. The fraction of sp³-hybridized carbons (Fsp3) is 0.654. The molecule has 4 rings (SSSR count). The minimum Gasteiger partial charge on any atom is -0.444 e. The number of ether oxygens (including phenoxy) is 1. The Kier molecular flexibility index (Phi) is 8.20. The van der Waals surface area contributed by atoms with Gasteiger partial charge in [0.05, 0.1) is 12.2 Å². The highest BCUT2D eigenvalue weighted by molar-refractivity contribution is 6.01. The molecule has 3 aliphatic heterocycles. The number of rotatable bonds is 5. The summed E-state index contributed by atoms with van der Waals surface area (Å²) < 4.78 is 35.6. The van der Waals surface area contributed by atoms with Crippen LogP contribution in [-0.4, -0.2) is 78.9 Å². The lowest BCUT2D eigenvalue weighted by molar-refractivity contribution is -0.133. The van der Waals surface area contributed by atoms with Crippen LogP contribution in [0.2, 0.25) is 0 Å². The molecular weight excluding hydrogens is 484 g/mol. The van der Waals surface area contributed by atoms with Crippen molar-refractivity contribution in [2.45, 2.75) is 82.8 Å². The molecule has 3 saturated heterocycles. The lowest BCUT2D eigenvalue weighted by Gasteiger charge is -2.44. The van der Waals surface area contributed by atoms with Gasteiger partial charge in [-0.2, -0.15) is 0 Å². The van der Waals surface area contributed by atoms with E-state index in [4.69, 9.17) is 4.74 Å². The Hall–Kier alpha value is -2.95. The maximum absolute atomic E-state index is 15.3. The number of carbonyl (C=O) groups excluding carboxylic acids is 3. The monoisotopic (exact) mass is 521 g/mol. The number of likely N-dealkylation sites (tertiary alicyclic amines) is 1.